The largest absolute Gasteiger partial charge is 0.382 e. The van der Waals surface area contributed by atoms with Crippen molar-refractivity contribution in [2.75, 3.05) is 7.11 Å². The topological polar surface area (TPSA) is 35.2 Å². The molecule has 0 aliphatic carbocycles. The first-order chi connectivity index (χ1) is 6.65. The van der Waals surface area contributed by atoms with Crippen LogP contribution in [0.2, 0.25) is 0 Å². The van der Waals surface area contributed by atoms with Crippen molar-refractivity contribution in [1.29, 1.82) is 0 Å². The maximum Gasteiger partial charge on any atom is 0.127 e. The van der Waals surface area contributed by atoms with Crippen LogP contribution in [0.3, 0.4) is 0 Å². The van der Waals surface area contributed by atoms with Crippen LogP contribution in [-0.2, 0) is 4.74 Å². The monoisotopic (exact) mass is 197 g/mol. The van der Waals surface area contributed by atoms with Gasteiger partial charge in [0.25, 0.3) is 0 Å². The van der Waals surface area contributed by atoms with Crippen LogP contribution < -0.4 is 5.73 Å². The minimum absolute atomic E-state index is 0.0459. The van der Waals surface area contributed by atoms with E-state index in [4.69, 9.17) is 10.5 Å². The fourth-order valence-corrected chi connectivity index (χ4v) is 1.36. The van der Waals surface area contributed by atoms with Crippen molar-refractivity contribution in [2.45, 2.75) is 25.5 Å². The van der Waals surface area contributed by atoms with Crippen molar-refractivity contribution in [2.24, 2.45) is 5.73 Å². The van der Waals surface area contributed by atoms with Crippen molar-refractivity contribution < 1.29 is 9.13 Å². The summed E-state index contributed by atoms with van der Waals surface area (Å²) in [5.74, 6) is -0.247. The number of methoxy groups -OCH3 is 1. The molecular formula is C11H16FNO. The van der Waals surface area contributed by atoms with Gasteiger partial charge in [0, 0.05) is 18.7 Å². The third-order valence-corrected chi connectivity index (χ3v) is 2.29. The first kappa shape index (κ1) is 11.1. The molecule has 0 spiro atoms. The van der Waals surface area contributed by atoms with E-state index in [1.54, 1.807) is 25.3 Å². The van der Waals surface area contributed by atoms with Crippen LogP contribution in [0.1, 0.15) is 24.9 Å². The number of hydrogen-bond acceptors (Lipinski definition) is 2. The van der Waals surface area contributed by atoms with Crippen LogP contribution in [0.5, 0.6) is 0 Å². The van der Waals surface area contributed by atoms with E-state index in [2.05, 4.69) is 0 Å². The molecule has 78 valence electrons. The van der Waals surface area contributed by atoms with E-state index in [0.29, 0.717) is 12.0 Å². The normalized spacial score (nSPS) is 15.1. The molecule has 0 saturated heterocycles. The Morgan fingerprint density at radius 2 is 2.07 bits per heavy atom. The minimum atomic E-state index is -0.300. The SMILES string of the molecule is COC(C)CC(N)c1ccccc1F. The molecule has 0 heterocycles. The van der Waals surface area contributed by atoms with Crippen molar-refractivity contribution in [1.82, 2.24) is 0 Å². The molecule has 0 amide bonds. The molecule has 0 aromatic heterocycles. The fraction of sp³-hybridized carbons (Fsp3) is 0.455. The van der Waals surface area contributed by atoms with Gasteiger partial charge in [0.05, 0.1) is 6.10 Å². The minimum Gasteiger partial charge on any atom is -0.382 e. The van der Waals surface area contributed by atoms with Crippen molar-refractivity contribution in [3.8, 4) is 0 Å². The Hall–Kier alpha value is -0.930. The van der Waals surface area contributed by atoms with Gasteiger partial charge in [-0.25, -0.2) is 4.39 Å². The van der Waals surface area contributed by atoms with Gasteiger partial charge in [-0.05, 0) is 19.4 Å². The highest BCUT2D eigenvalue weighted by atomic mass is 19.1. The molecule has 2 atom stereocenters. The first-order valence-electron chi connectivity index (χ1n) is 4.68. The molecule has 14 heavy (non-hydrogen) atoms. The van der Waals surface area contributed by atoms with Crippen LogP contribution in [-0.4, -0.2) is 13.2 Å². The van der Waals surface area contributed by atoms with Crippen LogP contribution in [0.25, 0.3) is 0 Å². The number of halogens is 1. The number of benzene rings is 1. The second-order valence-electron chi connectivity index (χ2n) is 3.41. The van der Waals surface area contributed by atoms with E-state index in [0.717, 1.165) is 0 Å². The summed E-state index contributed by atoms with van der Waals surface area (Å²) in [4.78, 5) is 0. The van der Waals surface area contributed by atoms with Gasteiger partial charge in [0.15, 0.2) is 0 Å². The molecule has 0 bridgehead atoms. The third kappa shape index (κ3) is 2.79. The highest BCUT2D eigenvalue weighted by molar-refractivity contribution is 5.20. The molecule has 1 aromatic rings. The van der Waals surface area contributed by atoms with Crippen LogP contribution in [0, 0.1) is 5.82 Å². The van der Waals surface area contributed by atoms with Crippen molar-refractivity contribution in [3.63, 3.8) is 0 Å². The van der Waals surface area contributed by atoms with Crippen molar-refractivity contribution >= 4 is 0 Å². The average Bonchev–Trinajstić information content (AvgIpc) is 2.18. The molecular weight excluding hydrogens is 181 g/mol. The maximum absolute atomic E-state index is 13.3. The molecule has 0 radical (unpaired) electrons. The summed E-state index contributed by atoms with van der Waals surface area (Å²) in [6.45, 7) is 1.92. The van der Waals surface area contributed by atoms with Gasteiger partial charge in [-0.15, -0.1) is 0 Å². The predicted octanol–water partition coefficient (Wildman–Crippen LogP) is 2.25. The van der Waals surface area contributed by atoms with E-state index in [1.165, 1.54) is 6.07 Å². The van der Waals surface area contributed by atoms with E-state index in [-0.39, 0.29) is 18.0 Å². The quantitative estimate of drug-likeness (QED) is 0.803. The molecule has 2 unspecified atom stereocenters. The number of ether oxygens (including phenoxy) is 1. The first-order valence-corrected chi connectivity index (χ1v) is 4.68. The molecule has 0 saturated carbocycles. The lowest BCUT2D eigenvalue weighted by Crippen LogP contribution is -2.19. The maximum atomic E-state index is 13.3. The highest BCUT2D eigenvalue weighted by Gasteiger charge is 2.13. The zero-order valence-electron chi connectivity index (χ0n) is 8.53. The van der Waals surface area contributed by atoms with Gasteiger partial charge in [-0.3, -0.25) is 0 Å². The Labute approximate surface area is 83.9 Å². The van der Waals surface area contributed by atoms with Gasteiger partial charge in [0.2, 0.25) is 0 Å². The summed E-state index contributed by atoms with van der Waals surface area (Å²) in [6, 6.07) is 6.28. The lowest BCUT2D eigenvalue weighted by Gasteiger charge is -2.16. The number of nitrogens with two attached hydrogens (primary N) is 1. The molecule has 0 fully saturated rings. The molecule has 0 aliphatic rings. The molecule has 2 nitrogen and oxygen atoms in total. The van der Waals surface area contributed by atoms with Gasteiger partial charge in [0.1, 0.15) is 5.82 Å². The Bertz CT molecular complexity index is 290. The van der Waals surface area contributed by atoms with E-state index in [9.17, 15) is 4.39 Å². The smallest absolute Gasteiger partial charge is 0.127 e. The highest BCUT2D eigenvalue weighted by Crippen LogP contribution is 2.19. The lowest BCUT2D eigenvalue weighted by molar-refractivity contribution is 0.104. The fourth-order valence-electron chi connectivity index (χ4n) is 1.36. The molecule has 1 rings (SSSR count). The van der Waals surface area contributed by atoms with E-state index in [1.807, 2.05) is 6.92 Å². The number of rotatable bonds is 4. The van der Waals surface area contributed by atoms with Gasteiger partial charge in [-0.2, -0.15) is 0 Å². The predicted molar refractivity (Wildman–Crippen MR) is 54.4 cm³/mol. The molecule has 2 N–H and O–H groups in total. The van der Waals surface area contributed by atoms with Gasteiger partial charge in [-0.1, -0.05) is 18.2 Å². The standard InChI is InChI=1S/C11H16FNO/c1-8(14-2)7-11(13)9-5-3-4-6-10(9)12/h3-6,8,11H,7,13H2,1-2H3. The summed E-state index contributed by atoms with van der Waals surface area (Å²) >= 11 is 0. The van der Waals surface area contributed by atoms with Gasteiger partial charge < -0.3 is 10.5 Å². The van der Waals surface area contributed by atoms with Crippen molar-refractivity contribution in [3.05, 3.63) is 35.6 Å². The van der Waals surface area contributed by atoms with Crippen LogP contribution in [0.15, 0.2) is 24.3 Å². The Balaban J connectivity index is 2.69. The summed E-state index contributed by atoms with van der Waals surface area (Å²) in [5, 5.41) is 0. The summed E-state index contributed by atoms with van der Waals surface area (Å²) < 4.78 is 18.4. The average molecular weight is 197 g/mol. The zero-order chi connectivity index (χ0) is 10.6. The Morgan fingerprint density at radius 1 is 1.43 bits per heavy atom. The van der Waals surface area contributed by atoms with Crippen LogP contribution in [0.4, 0.5) is 4.39 Å². The molecule has 3 heteroatoms. The second kappa shape index (κ2) is 5.08. The second-order valence-corrected chi connectivity index (χ2v) is 3.41. The van der Waals surface area contributed by atoms with Crippen LogP contribution >= 0.6 is 0 Å². The summed E-state index contributed by atoms with van der Waals surface area (Å²) in [5.41, 5.74) is 6.40. The third-order valence-electron chi connectivity index (χ3n) is 2.29. The Kier molecular flexibility index (Phi) is 4.04. The zero-order valence-corrected chi connectivity index (χ0v) is 8.53. The molecule has 0 aliphatic heterocycles. The molecule has 1 aromatic carbocycles. The number of hydrogen-bond donors (Lipinski definition) is 1. The van der Waals surface area contributed by atoms with Gasteiger partial charge >= 0.3 is 0 Å². The summed E-state index contributed by atoms with van der Waals surface area (Å²) in [7, 11) is 1.62. The van der Waals surface area contributed by atoms with E-state index < -0.39 is 0 Å². The van der Waals surface area contributed by atoms with E-state index >= 15 is 0 Å². The lowest BCUT2D eigenvalue weighted by atomic mass is 10.0. The summed E-state index contributed by atoms with van der Waals surface area (Å²) in [6.07, 6.45) is 0.668. The Morgan fingerprint density at radius 3 is 2.64 bits per heavy atom.